The maximum Gasteiger partial charge on any atom is 0.260 e. The topological polar surface area (TPSA) is 33.2 Å². The highest BCUT2D eigenvalue weighted by Crippen LogP contribution is 2.42. The van der Waals surface area contributed by atoms with Crippen LogP contribution >= 0.6 is 0 Å². The van der Waals surface area contributed by atoms with Gasteiger partial charge in [-0.2, -0.15) is 0 Å². The van der Waals surface area contributed by atoms with Crippen LogP contribution in [0.2, 0.25) is 0 Å². The Morgan fingerprint density at radius 3 is 0.955 bits per heavy atom. The molecule has 6 heteroatoms. The third-order valence-corrected chi connectivity index (χ3v) is 14.2. The van der Waals surface area contributed by atoms with E-state index in [0.717, 1.165) is 89.6 Å². The normalized spacial score (nSPS) is 12.8. The Morgan fingerprint density at radius 2 is 0.591 bits per heavy atom. The van der Waals surface area contributed by atoms with Crippen LogP contribution in [-0.2, 0) is 0 Å². The predicted molar refractivity (Wildman–Crippen MR) is 273 cm³/mol. The summed E-state index contributed by atoms with van der Waals surface area (Å²) in [5.41, 5.74) is 15.7. The highest BCUT2D eigenvalue weighted by Gasteiger charge is 2.41. The fraction of sp³-hybridized carbons (Fsp3) is 0. The van der Waals surface area contributed by atoms with E-state index in [9.17, 15) is 0 Å². The van der Waals surface area contributed by atoms with Crippen molar-refractivity contribution in [2.75, 3.05) is 0 Å². The van der Waals surface area contributed by atoms with Gasteiger partial charge in [0.05, 0.1) is 33.1 Å². The molecule has 0 spiro atoms. The standard InChI is InChI=1S/C60H36BN3O2/c1-7-19-50-42(13-1)43-14-2-8-20-51(43)62(50)39-27-25-37(26-28-39)38-33-58-60-59(34-38)66-57-36-41(64-54-23-11-5-17-46(54)47-18-6-12-24-55(47)64)30-32-49(57)61(60)48-31-29-40(35-56(48)65-58)63-52-21-9-3-15-44(52)45-16-4-10-22-53(45)63/h1-36H. The number of para-hydroxylation sites is 6. The lowest BCUT2D eigenvalue weighted by Gasteiger charge is -2.34. The van der Waals surface area contributed by atoms with Gasteiger partial charge in [-0.1, -0.05) is 133 Å². The summed E-state index contributed by atoms with van der Waals surface area (Å²) in [5, 5.41) is 7.41. The van der Waals surface area contributed by atoms with Gasteiger partial charge in [-0.05, 0) is 94.8 Å². The van der Waals surface area contributed by atoms with Crippen LogP contribution in [0.1, 0.15) is 0 Å². The lowest BCUT2D eigenvalue weighted by Crippen LogP contribution is -2.57. The SMILES string of the molecule is c1ccc2c(c1)c1ccccc1n2-c1ccc(-c2cc3c4c(c2)Oc2cc(-n5c6ccccc6c6ccccc65)ccc2B4c2ccc(-n4c5ccccc5c5ccccc54)cc2O3)cc1. The Bertz CT molecular complexity index is 3850. The largest absolute Gasteiger partial charge is 0.458 e. The predicted octanol–water partition coefficient (Wildman–Crippen LogP) is 13.4. The molecule has 10 aromatic carbocycles. The number of rotatable bonds is 4. The van der Waals surface area contributed by atoms with E-state index < -0.39 is 0 Å². The Labute approximate surface area is 379 Å². The summed E-state index contributed by atoms with van der Waals surface area (Å²) in [7, 11) is 0. The monoisotopic (exact) mass is 841 g/mol. The maximum absolute atomic E-state index is 7.12. The summed E-state index contributed by atoms with van der Waals surface area (Å²) >= 11 is 0. The molecule has 15 rings (SSSR count). The number of ether oxygens (including phenoxy) is 2. The van der Waals surface area contributed by atoms with Gasteiger partial charge in [-0.3, -0.25) is 0 Å². The van der Waals surface area contributed by atoms with Crippen LogP contribution in [0, 0.1) is 0 Å². The first-order valence-electron chi connectivity index (χ1n) is 22.6. The van der Waals surface area contributed by atoms with Crippen molar-refractivity contribution >= 4 is 88.5 Å². The molecule has 0 aliphatic carbocycles. The van der Waals surface area contributed by atoms with Gasteiger partial charge in [0.15, 0.2) is 0 Å². The van der Waals surface area contributed by atoms with Crippen LogP contribution in [0.4, 0.5) is 0 Å². The lowest BCUT2D eigenvalue weighted by molar-refractivity contribution is 0.465. The summed E-state index contributed by atoms with van der Waals surface area (Å²) in [6.45, 7) is -0.103. The van der Waals surface area contributed by atoms with E-state index in [1.807, 2.05) is 0 Å². The van der Waals surface area contributed by atoms with Gasteiger partial charge in [-0.15, -0.1) is 0 Å². The van der Waals surface area contributed by atoms with Crippen LogP contribution < -0.4 is 25.9 Å². The molecule has 0 bridgehead atoms. The number of fused-ring (bicyclic) bond motifs is 13. The van der Waals surface area contributed by atoms with Crippen LogP contribution in [0.5, 0.6) is 23.0 Å². The summed E-state index contributed by atoms with van der Waals surface area (Å²) < 4.78 is 21.3. The Morgan fingerprint density at radius 1 is 0.273 bits per heavy atom. The zero-order valence-corrected chi connectivity index (χ0v) is 35.5. The first kappa shape index (κ1) is 35.7. The molecular weight excluding hydrogens is 805 g/mol. The molecule has 0 N–H and O–H groups in total. The van der Waals surface area contributed by atoms with E-state index in [4.69, 9.17) is 9.47 Å². The molecule has 66 heavy (non-hydrogen) atoms. The third-order valence-electron chi connectivity index (χ3n) is 14.2. The minimum absolute atomic E-state index is 0.103. The van der Waals surface area contributed by atoms with Gasteiger partial charge < -0.3 is 23.2 Å². The molecular formula is C60H36BN3O2. The fourth-order valence-corrected chi connectivity index (χ4v) is 11.3. The number of aromatic nitrogens is 3. The zero-order valence-electron chi connectivity index (χ0n) is 35.5. The third kappa shape index (κ3) is 4.95. The molecule has 0 radical (unpaired) electrons. The molecule has 0 atom stereocenters. The molecule has 2 aliphatic heterocycles. The fourth-order valence-electron chi connectivity index (χ4n) is 11.3. The highest BCUT2D eigenvalue weighted by atomic mass is 16.5. The second kappa shape index (κ2) is 13.4. The molecule has 0 amide bonds. The van der Waals surface area contributed by atoms with Crippen molar-refractivity contribution in [2.45, 2.75) is 0 Å². The summed E-state index contributed by atoms with van der Waals surface area (Å²) in [6.07, 6.45) is 0. The lowest BCUT2D eigenvalue weighted by atomic mass is 9.35. The Kier molecular flexibility index (Phi) is 7.24. The average Bonchev–Trinajstić information content (AvgIpc) is 4.02. The highest BCUT2D eigenvalue weighted by molar-refractivity contribution is 6.98. The summed E-state index contributed by atoms with van der Waals surface area (Å²) in [6, 6.07) is 78.7. The first-order valence-corrected chi connectivity index (χ1v) is 22.6. The molecule has 306 valence electrons. The minimum Gasteiger partial charge on any atom is -0.458 e. The number of nitrogens with zero attached hydrogens (tertiary/aromatic N) is 3. The molecule has 0 saturated heterocycles. The molecule has 5 nitrogen and oxygen atoms in total. The second-order valence-corrected chi connectivity index (χ2v) is 17.6. The van der Waals surface area contributed by atoms with Crippen molar-refractivity contribution in [3.63, 3.8) is 0 Å². The average molecular weight is 842 g/mol. The van der Waals surface area contributed by atoms with Gasteiger partial charge in [0, 0.05) is 67.0 Å². The molecule has 0 saturated carbocycles. The van der Waals surface area contributed by atoms with Crippen molar-refractivity contribution < 1.29 is 9.47 Å². The van der Waals surface area contributed by atoms with Crippen molar-refractivity contribution in [1.82, 2.24) is 13.7 Å². The number of hydrogen-bond acceptors (Lipinski definition) is 2. The maximum atomic E-state index is 7.12. The zero-order chi connectivity index (χ0) is 43.0. The molecule has 13 aromatic rings. The van der Waals surface area contributed by atoms with Gasteiger partial charge in [0.1, 0.15) is 23.0 Å². The Balaban J connectivity index is 0.911. The van der Waals surface area contributed by atoms with E-state index in [2.05, 4.69) is 232 Å². The molecule has 3 aromatic heterocycles. The molecule has 2 aliphatic rings. The van der Waals surface area contributed by atoms with Gasteiger partial charge in [-0.25, -0.2) is 0 Å². The van der Waals surface area contributed by atoms with E-state index in [0.29, 0.717) is 0 Å². The quantitative estimate of drug-likeness (QED) is 0.165. The van der Waals surface area contributed by atoms with Crippen LogP contribution in [0.15, 0.2) is 218 Å². The molecule has 0 unspecified atom stereocenters. The van der Waals surface area contributed by atoms with E-state index >= 15 is 0 Å². The summed E-state index contributed by atoms with van der Waals surface area (Å²) in [5.74, 6) is 3.30. The molecule has 0 fully saturated rings. The first-order chi connectivity index (χ1) is 32.7. The van der Waals surface area contributed by atoms with E-state index in [1.54, 1.807) is 0 Å². The van der Waals surface area contributed by atoms with Crippen LogP contribution in [-0.4, -0.2) is 20.4 Å². The van der Waals surface area contributed by atoms with Gasteiger partial charge in [0.2, 0.25) is 0 Å². The van der Waals surface area contributed by atoms with Crippen molar-refractivity contribution in [2.24, 2.45) is 0 Å². The van der Waals surface area contributed by atoms with Gasteiger partial charge in [0.25, 0.3) is 6.71 Å². The smallest absolute Gasteiger partial charge is 0.260 e. The number of benzene rings is 10. The van der Waals surface area contributed by atoms with E-state index in [-0.39, 0.29) is 6.71 Å². The second-order valence-electron chi connectivity index (χ2n) is 17.6. The Hall–Kier alpha value is -8.74. The van der Waals surface area contributed by atoms with Crippen molar-refractivity contribution in [3.8, 4) is 51.2 Å². The van der Waals surface area contributed by atoms with Crippen LogP contribution in [0.3, 0.4) is 0 Å². The summed E-state index contributed by atoms with van der Waals surface area (Å²) in [4.78, 5) is 0. The van der Waals surface area contributed by atoms with Crippen molar-refractivity contribution in [3.05, 3.63) is 218 Å². The van der Waals surface area contributed by atoms with E-state index in [1.165, 1.54) is 43.4 Å². The number of hydrogen-bond donors (Lipinski definition) is 0. The van der Waals surface area contributed by atoms with Crippen molar-refractivity contribution in [1.29, 1.82) is 0 Å². The molecule has 5 heterocycles. The van der Waals surface area contributed by atoms with Crippen LogP contribution in [0.25, 0.3) is 93.6 Å². The van der Waals surface area contributed by atoms with Gasteiger partial charge >= 0.3 is 0 Å². The minimum atomic E-state index is -0.103.